The molecule has 1 aliphatic heterocycles. The molecular formula is C25H22N4OS2. The Morgan fingerprint density at radius 1 is 1.06 bits per heavy atom. The smallest absolute Gasteiger partial charge is 0.226 e. The summed E-state index contributed by atoms with van der Waals surface area (Å²) < 4.78 is 0. The van der Waals surface area contributed by atoms with Gasteiger partial charge in [0.2, 0.25) is 5.91 Å². The molecule has 3 heterocycles. The van der Waals surface area contributed by atoms with Crippen LogP contribution in [0.2, 0.25) is 0 Å². The van der Waals surface area contributed by atoms with Gasteiger partial charge in [-0.2, -0.15) is 0 Å². The number of nitrogens with zero attached hydrogens (tertiary/aromatic N) is 2. The topological polar surface area (TPSA) is 57.3 Å². The molecule has 0 saturated carbocycles. The van der Waals surface area contributed by atoms with Gasteiger partial charge in [0.15, 0.2) is 5.11 Å². The van der Waals surface area contributed by atoms with E-state index in [1.54, 1.807) is 17.5 Å². The Bertz CT molecular complexity index is 1240. The number of nitrogens with one attached hydrogen (secondary N) is 2. The molecule has 4 aromatic rings. The van der Waals surface area contributed by atoms with Crippen molar-refractivity contribution in [3.63, 3.8) is 0 Å². The Balaban J connectivity index is 1.33. The van der Waals surface area contributed by atoms with Gasteiger partial charge in [-0.15, -0.1) is 11.3 Å². The third-order valence-corrected chi connectivity index (χ3v) is 6.97. The SMILES string of the molecule is O=C(CCN1C(=S)NC(c2ccccn2)C1c1cccs1)Nc1cccc2ccccc12. The normalized spacial score (nSPS) is 18.0. The molecular weight excluding hydrogens is 436 g/mol. The maximum atomic E-state index is 12.9. The third-order valence-electron chi connectivity index (χ3n) is 5.68. The lowest BCUT2D eigenvalue weighted by atomic mass is 10.0. The number of hydrogen-bond donors (Lipinski definition) is 2. The number of rotatable bonds is 6. The molecule has 32 heavy (non-hydrogen) atoms. The lowest BCUT2D eigenvalue weighted by Gasteiger charge is -2.26. The number of pyridine rings is 1. The predicted molar refractivity (Wildman–Crippen MR) is 134 cm³/mol. The Labute approximate surface area is 196 Å². The molecule has 1 amide bonds. The fraction of sp³-hybridized carbons (Fsp3) is 0.160. The lowest BCUT2D eigenvalue weighted by Crippen LogP contribution is -2.32. The maximum absolute atomic E-state index is 12.9. The predicted octanol–water partition coefficient (Wildman–Crippen LogP) is 5.30. The summed E-state index contributed by atoms with van der Waals surface area (Å²) in [4.78, 5) is 20.7. The zero-order valence-corrected chi connectivity index (χ0v) is 18.9. The average molecular weight is 459 g/mol. The van der Waals surface area contributed by atoms with Crippen molar-refractivity contribution < 1.29 is 4.79 Å². The molecule has 1 aliphatic rings. The van der Waals surface area contributed by atoms with E-state index in [0.29, 0.717) is 18.1 Å². The molecule has 5 rings (SSSR count). The summed E-state index contributed by atoms with van der Waals surface area (Å²) in [6.45, 7) is 0.522. The van der Waals surface area contributed by atoms with E-state index in [9.17, 15) is 4.79 Å². The number of carbonyl (C=O) groups excluding carboxylic acids is 1. The first-order valence-corrected chi connectivity index (χ1v) is 11.8. The molecule has 0 aliphatic carbocycles. The number of thiocarbonyl (C=S) groups is 1. The summed E-state index contributed by atoms with van der Waals surface area (Å²) in [5.74, 6) is -0.0321. The van der Waals surface area contributed by atoms with E-state index in [2.05, 4.69) is 32.0 Å². The molecule has 2 unspecified atom stereocenters. The highest BCUT2D eigenvalue weighted by Crippen LogP contribution is 2.40. The van der Waals surface area contributed by atoms with Crippen LogP contribution < -0.4 is 10.6 Å². The van der Waals surface area contributed by atoms with Gasteiger partial charge >= 0.3 is 0 Å². The van der Waals surface area contributed by atoms with Gasteiger partial charge < -0.3 is 15.5 Å². The van der Waals surface area contributed by atoms with Crippen LogP contribution in [-0.4, -0.2) is 27.4 Å². The van der Waals surface area contributed by atoms with E-state index < -0.39 is 0 Å². The van der Waals surface area contributed by atoms with Crippen LogP contribution in [0.15, 0.2) is 84.4 Å². The summed E-state index contributed by atoms with van der Waals surface area (Å²) in [6, 6.07) is 24.0. The number of aromatic nitrogens is 1. The van der Waals surface area contributed by atoms with Crippen LogP contribution in [-0.2, 0) is 4.79 Å². The van der Waals surface area contributed by atoms with Gasteiger partial charge in [-0.1, -0.05) is 48.5 Å². The number of amides is 1. The van der Waals surface area contributed by atoms with E-state index in [0.717, 1.165) is 22.2 Å². The van der Waals surface area contributed by atoms with E-state index >= 15 is 0 Å². The van der Waals surface area contributed by atoms with Crippen LogP contribution in [0.3, 0.4) is 0 Å². The Morgan fingerprint density at radius 2 is 1.91 bits per heavy atom. The minimum atomic E-state index is -0.0523. The molecule has 7 heteroatoms. The Hall–Kier alpha value is -3.29. The second-order valence-electron chi connectivity index (χ2n) is 7.66. The minimum absolute atomic E-state index is 0.00255. The van der Waals surface area contributed by atoms with Gasteiger partial charge in [0.25, 0.3) is 0 Å². The third kappa shape index (κ3) is 4.09. The fourth-order valence-electron chi connectivity index (χ4n) is 4.18. The second kappa shape index (κ2) is 9.06. The van der Waals surface area contributed by atoms with Crippen molar-refractivity contribution in [1.29, 1.82) is 0 Å². The molecule has 2 aromatic carbocycles. The van der Waals surface area contributed by atoms with E-state index in [1.807, 2.05) is 66.7 Å². The summed E-state index contributed by atoms with van der Waals surface area (Å²) in [7, 11) is 0. The Morgan fingerprint density at radius 3 is 2.72 bits per heavy atom. The number of fused-ring (bicyclic) bond motifs is 1. The molecule has 0 radical (unpaired) electrons. The van der Waals surface area contributed by atoms with Gasteiger partial charge in [-0.05, 0) is 47.2 Å². The van der Waals surface area contributed by atoms with E-state index in [1.165, 1.54) is 4.88 Å². The molecule has 0 spiro atoms. The fourth-order valence-corrected chi connectivity index (χ4v) is 5.39. The van der Waals surface area contributed by atoms with Gasteiger partial charge in [-0.3, -0.25) is 9.78 Å². The zero-order valence-electron chi connectivity index (χ0n) is 17.3. The lowest BCUT2D eigenvalue weighted by molar-refractivity contribution is -0.116. The van der Waals surface area contributed by atoms with Crippen LogP contribution in [0.5, 0.6) is 0 Å². The largest absolute Gasteiger partial charge is 0.352 e. The first-order valence-electron chi connectivity index (χ1n) is 10.5. The number of benzene rings is 2. The molecule has 0 bridgehead atoms. The van der Waals surface area contributed by atoms with Gasteiger partial charge in [0.1, 0.15) is 0 Å². The summed E-state index contributed by atoms with van der Waals surface area (Å²) in [6.07, 6.45) is 2.13. The van der Waals surface area contributed by atoms with Crippen molar-refractivity contribution in [1.82, 2.24) is 15.2 Å². The second-order valence-corrected chi connectivity index (χ2v) is 9.03. The summed E-state index contributed by atoms with van der Waals surface area (Å²) in [5.41, 5.74) is 1.77. The number of carbonyl (C=O) groups is 1. The first-order chi connectivity index (χ1) is 15.7. The minimum Gasteiger partial charge on any atom is -0.352 e. The van der Waals surface area contributed by atoms with E-state index in [4.69, 9.17) is 12.2 Å². The van der Waals surface area contributed by atoms with Crippen LogP contribution in [0.4, 0.5) is 5.69 Å². The highest BCUT2D eigenvalue weighted by Gasteiger charge is 2.40. The highest BCUT2D eigenvalue weighted by molar-refractivity contribution is 7.80. The van der Waals surface area contributed by atoms with Crippen LogP contribution in [0, 0.1) is 0 Å². The van der Waals surface area contributed by atoms with Crippen molar-refractivity contribution >= 4 is 51.0 Å². The molecule has 1 saturated heterocycles. The molecule has 5 nitrogen and oxygen atoms in total. The number of hydrogen-bond acceptors (Lipinski definition) is 4. The average Bonchev–Trinajstić information content (AvgIpc) is 3.46. The summed E-state index contributed by atoms with van der Waals surface area (Å²) in [5, 5.41) is 11.4. The van der Waals surface area contributed by atoms with Crippen molar-refractivity contribution in [2.24, 2.45) is 0 Å². The summed E-state index contributed by atoms with van der Waals surface area (Å²) >= 11 is 7.37. The van der Waals surface area contributed by atoms with Crippen molar-refractivity contribution in [2.75, 3.05) is 11.9 Å². The monoisotopic (exact) mass is 458 g/mol. The molecule has 2 N–H and O–H groups in total. The quantitative estimate of drug-likeness (QED) is 0.384. The van der Waals surface area contributed by atoms with Crippen molar-refractivity contribution in [3.8, 4) is 0 Å². The number of thiophene rings is 1. The van der Waals surface area contributed by atoms with Crippen LogP contribution in [0.25, 0.3) is 10.8 Å². The Kier molecular flexibility index (Phi) is 5.83. The molecule has 2 aromatic heterocycles. The number of anilines is 1. The van der Waals surface area contributed by atoms with Gasteiger partial charge in [0, 0.05) is 35.1 Å². The van der Waals surface area contributed by atoms with Crippen molar-refractivity contribution in [2.45, 2.75) is 18.5 Å². The van der Waals surface area contributed by atoms with Crippen LogP contribution >= 0.6 is 23.6 Å². The molecule has 2 atom stereocenters. The standard InChI is InChI=1S/C25H22N4OS2/c30-22(27-19-11-5-8-17-7-1-2-9-18(17)19)13-15-29-24(21-12-6-16-32-21)23(28-25(29)31)20-10-3-4-14-26-20/h1-12,14,16,23-24H,13,15H2,(H,27,30)(H,28,31). The molecule has 1 fully saturated rings. The van der Waals surface area contributed by atoms with Gasteiger partial charge in [0.05, 0.1) is 17.8 Å². The van der Waals surface area contributed by atoms with Crippen molar-refractivity contribution in [3.05, 3.63) is 94.9 Å². The highest BCUT2D eigenvalue weighted by atomic mass is 32.1. The molecule has 160 valence electrons. The zero-order chi connectivity index (χ0) is 21.9. The first kappa shape index (κ1) is 20.6. The van der Waals surface area contributed by atoms with E-state index in [-0.39, 0.29) is 18.0 Å². The maximum Gasteiger partial charge on any atom is 0.226 e. The van der Waals surface area contributed by atoms with Gasteiger partial charge in [-0.25, -0.2) is 0 Å². The van der Waals surface area contributed by atoms with Crippen LogP contribution in [0.1, 0.15) is 29.1 Å².